The van der Waals surface area contributed by atoms with E-state index in [-0.39, 0.29) is 5.82 Å². The second-order valence-electron chi connectivity index (χ2n) is 7.03. The van der Waals surface area contributed by atoms with Crippen LogP contribution in [0.2, 0.25) is 0 Å². The highest BCUT2D eigenvalue weighted by Gasteiger charge is 2.17. The average Bonchev–Trinajstić information content (AvgIpc) is 3.14. The zero-order valence-corrected chi connectivity index (χ0v) is 15.9. The maximum absolute atomic E-state index is 13.7. The number of rotatable bonds is 6. The lowest BCUT2D eigenvalue weighted by atomic mass is 10.1. The van der Waals surface area contributed by atoms with Crippen LogP contribution >= 0.6 is 0 Å². The quantitative estimate of drug-likeness (QED) is 0.698. The van der Waals surface area contributed by atoms with E-state index in [1.54, 1.807) is 18.5 Å². The van der Waals surface area contributed by atoms with Crippen LogP contribution in [0.5, 0.6) is 0 Å². The molecule has 7 heteroatoms. The third-order valence-corrected chi connectivity index (χ3v) is 4.98. The summed E-state index contributed by atoms with van der Waals surface area (Å²) in [4.78, 5) is 13.6. The van der Waals surface area contributed by atoms with Gasteiger partial charge in [-0.25, -0.2) is 19.3 Å². The lowest BCUT2D eigenvalue weighted by Crippen LogP contribution is -2.22. The van der Waals surface area contributed by atoms with Gasteiger partial charge < -0.3 is 14.6 Å². The molecule has 6 nitrogen and oxygen atoms in total. The molecule has 28 heavy (non-hydrogen) atoms. The summed E-state index contributed by atoms with van der Waals surface area (Å²) in [7, 11) is 1.91. The molecule has 1 saturated heterocycles. The largest absolute Gasteiger partial charge is 0.378 e. The molecule has 1 aliphatic heterocycles. The monoisotopic (exact) mass is 381 g/mol. The Morgan fingerprint density at radius 3 is 2.96 bits per heavy atom. The third-order valence-electron chi connectivity index (χ3n) is 4.98. The van der Waals surface area contributed by atoms with E-state index in [9.17, 15) is 4.39 Å². The Morgan fingerprint density at radius 1 is 1.29 bits per heavy atom. The zero-order chi connectivity index (χ0) is 19.3. The van der Waals surface area contributed by atoms with Crippen LogP contribution in [0, 0.1) is 5.82 Å². The fourth-order valence-electron chi connectivity index (χ4n) is 3.48. The third kappa shape index (κ3) is 4.20. The first-order valence-corrected chi connectivity index (χ1v) is 9.67. The lowest BCUT2D eigenvalue weighted by molar-refractivity contribution is 0.0134. The number of imidazole rings is 1. The molecule has 4 rings (SSSR count). The summed E-state index contributed by atoms with van der Waals surface area (Å²) in [6, 6.07) is 6.44. The van der Waals surface area contributed by atoms with Gasteiger partial charge in [0, 0.05) is 44.4 Å². The molecule has 1 unspecified atom stereocenters. The summed E-state index contributed by atoms with van der Waals surface area (Å²) in [6.45, 7) is 1.59. The zero-order valence-electron chi connectivity index (χ0n) is 15.9. The highest BCUT2D eigenvalue weighted by molar-refractivity contribution is 5.78. The van der Waals surface area contributed by atoms with Gasteiger partial charge in [-0.3, -0.25) is 0 Å². The minimum Gasteiger partial charge on any atom is -0.378 e. The van der Waals surface area contributed by atoms with Gasteiger partial charge in [0.2, 0.25) is 5.95 Å². The fourth-order valence-corrected chi connectivity index (χ4v) is 3.48. The molecule has 0 spiro atoms. The van der Waals surface area contributed by atoms with Gasteiger partial charge in [-0.1, -0.05) is 12.1 Å². The van der Waals surface area contributed by atoms with Crippen molar-refractivity contribution >= 4 is 5.95 Å². The molecule has 1 aliphatic rings. The Morgan fingerprint density at radius 2 is 2.21 bits per heavy atom. The van der Waals surface area contributed by atoms with Gasteiger partial charge >= 0.3 is 0 Å². The Balaban J connectivity index is 1.58. The molecule has 0 bridgehead atoms. The van der Waals surface area contributed by atoms with Gasteiger partial charge in [0.05, 0.1) is 6.10 Å². The molecular weight excluding hydrogens is 357 g/mol. The molecule has 1 N–H and O–H groups in total. The van der Waals surface area contributed by atoms with Crippen LogP contribution in [-0.2, 0) is 11.8 Å². The van der Waals surface area contributed by atoms with E-state index in [0.29, 0.717) is 23.6 Å². The number of aryl methyl sites for hydroxylation is 1. The van der Waals surface area contributed by atoms with Crippen LogP contribution in [0.3, 0.4) is 0 Å². The second kappa shape index (κ2) is 8.48. The number of hydrogen-bond acceptors (Lipinski definition) is 5. The number of halogens is 1. The van der Waals surface area contributed by atoms with Crippen LogP contribution in [-0.4, -0.2) is 38.8 Å². The van der Waals surface area contributed by atoms with Gasteiger partial charge in [0.25, 0.3) is 0 Å². The van der Waals surface area contributed by atoms with Crippen molar-refractivity contribution in [3.63, 3.8) is 0 Å². The van der Waals surface area contributed by atoms with E-state index in [1.807, 2.05) is 23.9 Å². The second-order valence-corrected chi connectivity index (χ2v) is 7.03. The smallest absolute Gasteiger partial charge is 0.223 e. The minimum atomic E-state index is -0.294. The van der Waals surface area contributed by atoms with Gasteiger partial charge in [-0.2, -0.15) is 0 Å². The molecule has 0 saturated carbocycles. The normalized spacial score (nSPS) is 16.9. The number of nitrogens with zero attached hydrogens (tertiary/aromatic N) is 4. The number of nitrogens with one attached hydrogen (secondary N) is 1. The molecule has 1 atom stereocenters. The summed E-state index contributed by atoms with van der Waals surface area (Å²) < 4.78 is 21.4. The standard InChI is InChI=1S/C21H24FN5O/c1-27-11-10-23-20(27)19-18(15-5-4-6-16(22)13-15)14-25-21(26-19)24-9-8-17-7-2-3-12-28-17/h4-6,10-11,13-14,17H,2-3,7-9,12H2,1H3,(H,24,25,26). The van der Waals surface area contributed by atoms with E-state index in [1.165, 1.54) is 18.6 Å². The Kier molecular flexibility index (Phi) is 5.62. The van der Waals surface area contributed by atoms with Crippen molar-refractivity contribution in [2.45, 2.75) is 31.8 Å². The number of hydrogen-bond donors (Lipinski definition) is 1. The van der Waals surface area contributed by atoms with Crippen molar-refractivity contribution in [3.8, 4) is 22.6 Å². The molecular formula is C21H24FN5O. The molecule has 0 aliphatic carbocycles. The summed E-state index contributed by atoms with van der Waals surface area (Å²) in [5.74, 6) is 0.951. The average molecular weight is 381 g/mol. The summed E-state index contributed by atoms with van der Waals surface area (Å²) in [5, 5.41) is 3.29. The van der Waals surface area contributed by atoms with Gasteiger partial charge in [-0.15, -0.1) is 0 Å². The maximum atomic E-state index is 13.7. The highest BCUT2D eigenvalue weighted by atomic mass is 19.1. The SMILES string of the molecule is Cn1ccnc1-c1nc(NCCC2CCCCO2)ncc1-c1cccc(F)c1. The fraction of sp³-hybridized carbons (Fsp3) is 0.381. The van der Waals surface area contributed by atoms with Crippen molar-refractivity contribution in [2.75, 3.05) is 18.5 Å². The van der Waals surface area contributed by atoms with Crippen molar-refractivity contribution in [3.05, 3.63) is 48.7 Å². The Hall–Kier alpha value is -2.80. The van der Waals surface area contributed by atoms with Crippen LogP contribution in [0.15, 0.2) is 42.9 Å². The molecule has 146 valence electrons. The van der Waals surface area contributed by atoms with E-state index in [0.717, 1.165) is 43.5 Å². The molecule has 2 aromatic heterocycles. The maximum Gasteiger partial charge on any atom is 0.223 e. The number of benzene rings is 1. The molecule has 3 heterocycles. The molecule has 0 radical (unpaired) electrons. The van der Waals surface area contributed by atoms with Gasteiger partial charge in [-0.05, 0) is 43.4 Å². The van der Waals surface area contributed by atoms with Gasteiger partial charge in [0.15, 0.2) is 5.82 Å². The molecule has 1 aromatic carbocycles. The molecule has 0 amide bonds. The van der Waals surface area contributed by atoms with E-state index in [2.05, 4.69) is 15.3 Å². The molecule has 3 aromatic rings. The van der Waals surface area contributed by atoms with Gasteiger partial charge in [0.1, 0.15) is 11.5 Å². The molecule has 1 fully saturated rings. The van der Waals surface area contributed by atoms with Crippen LogP contribution < -0.4 is 5.32 Å². The van der Waals surface area contributed by atoms with Crippen molar-refractivity contribution in [1.82, 2.24) is 19.5 Å². The number of aromatic nitrogens is 4. The van der Waals surface area contributed by atoms with E-state index >= 15 is 0 Å². The predicted octanol–water partition coefficient (Wildman–Crippen LogP) is 4.05. The lowest BCUT2D eigenvalue weighted by Gasteiger charge is -2.22. The highest BCUT2D eigenvalue weighted by Crippen LogP contribution is 2.30. The van der Waals surface area contributed by atoms with Crippen molar-refractivity contribution in [2.24, 2.45) is 7.05 Å². The van der Waals surface area contributed by atoms with Crippen LogP contribution in [0.1, 0.15) is 25.7 Å². The topological polar surface area (TPSA) is 64.9 Å². The van der Waals surface area contributed by atoms with Crippen molar-refractivity contribution < 1.29 is 9.13 Å². The van der Waals surface area contributed by atoms with E-state index < -0.39 is 0 Å². The van der Waals surface area contributed by atoms with Crippen LogP contribution in [0.4, 0.5) is 10.3 Å². The first-order chi connectivity index (χ1) is 13.7. The number of ether oxygens (including phenoxy) is 1. The first kappa shape index (κ1) is 18.6. The minimum absolute atomic E-state index is 0.294. The van der Waals surface area contributed by atoms with Crippen LogP contribution in [0.25, 0.3) is 22.6 Å². The van der Waals surface area contributed by atoms with Crippen molar-refractivity contribution in [1.29, 1.82) is 0 Å². The number of anilines is 1. The van der Waals surface area contributed by atoms with E-state index in [4.69, 9.17) is 9.72 Å². The Bertz CT molecular complexity index is 936. The predicted molar refractivity (Wildman–Crippen MR) is 106 cm³/mol. The summed E-state index contributed by atoms with van der Waals surface area (Å²) in [6.07, 6.45) is 10.0. The Labute approximate surface area is 163 Å². The summed E-state index contributed by atoms with van der Waals surface area (Å²) >= 11 is 0. The first-order valence-electron chi connectivity index (χ1n) is 9.67. The summed E-state index contributed by atoms with van der Waals surface area (Å²) in [5.41, 5.74) is 2.14.